The molecule has 2 aliphatic rings. The number of H-pyrrole nitrogens is 1. The summed E-state index contributed by atoms with van der Waals surface area (Å²) in [5, 5.41) is 8.47. The highest BCUT2D eigenvalue weighted by Gasteiger charge is 2.44. The van der Waals surface area contributed by atoms with Crippen molar-refractivity contribution in [2.24, 2.45) is 5.41 Å². The molecule has 3 heteroatoms. The minimum atomic E-state index is 0.0448. The standard InChI is InChI=1S/C21H18N2O/c24-15-8-9-21(11-14-4-2-1-3-5-14)12-17-16(19(21)10-15)6-7-20-18(17)13-22-23-20/h1-7,10,13H,8-9,11-12H2,(H,22,23). The predicted octanol–water partition coefficient (Wildman–Crippen LogP) is 4.09. The molecule has 1 N–H and O–H groups in total. The maximum absolute atomic E-state index is 12.1. The molecular weight excluding hydrogens is 296 g/mol. The highest BCUT2D eigenvalue weighted by Crippen LogP contribution is 2.54. The summed E-state index contributed by atoms with van der Waals surface area (Å²) in [6.07, 6.45) is 7.39. The molecule has 1 heterocycles. The second-order valence-corrected chi connectivity index (χ2v) is 7.07. The van der Waals surface area contributed by atoms with Gasteiger partial charge in [0, 0.05) is 17.2 Å². The van der Waals surface area contributed by atoms with E-state index in [0.29, 0.717) is 6.42 Å². The average molecular weight is 314 g/mol. The van der Waals surface area contributed by atoms with Crippen LogP contribution in [0.4, 0.5) is 0 Å². The van der Waals surface area contributed by atoms with E-state index in [1.54, 1.807) is 0 Å². The Bertz CT molecular complexity index is 984. The van der Waals surface area contributed by atoms with Crippen LogP contribution in [0.15, 0.2) is 54.7 Å². The summed E-state index contributed by atoms with van der Waals surface area (Å²) >= 11 is 0. The normalized spacial score (nSPS) is 22.3. The molecule has 0 bridgehead atoms. The third-order valence-electron chi connectivity index (χ3n) is 5.65. The summed E-state index contributed by atoms with van der Waals surface area (Å²) < 4.78 is 0. The Labute approximate surface area is 140 Å². The first-order chi connectivity index (χ1) is 11.8. The molecule has 0 aliphatic heterocycles. The lowest BCUT2D eigenvalue weighted by Crippen LogP contribution is -2.28. The molecule has 3 aromatic rings. The minimum absolute atomic E-state index is 0.0448. The molecule has 0 saturated carbocycles. The van der Waals surface area contributed by atoms with Crippen molar-refractivity contribution < 1.29 is 4.79 Å². The average Bonchev–Trinajstić information content (AvgIpc) is 3.18. The van der Waals surface area contributed by atoms with Crippen LogP contribution in [0.3, 0.4) is 0 Å². The Balaban J connectivity index is 1.69. The van der Waals surface area contributed by atoms with Crippen molar-refractivity contribution in [3.63, 3.8) is 0 Å². The van der Waals surface area contributed by atoms with Gasteiger partial charge in [0.1, 0.15) is 0 Å². The first kappa shape index (κ1) is 13.7. The van der Waals surface area contributed by atoms with E-state index in [1.807, 2.05) is 12.3 Å². The number of hydrogen-bond donors (Lipinski definition) is 1. The fraction of sp³-hybridized carbons (Fsp3) is 0.238. The topological polar surface area (TPSA) is 45.8 Å². The van der Waals surface area contributed by atoms with Gasteiger partial charge in [-0.3, -0.25) is 9.89 Å². The van der Waals surface area contributed by atoms with Crippen molar-refractivity contribution in [2.45, 2.75) is 25.7 Å². The Morgan fingerprint density at radius 1 is 1.12 bits per heavy atom. The van der Waals surface area contributed by atoms with Gasteiger partial charge < -0.3 is 0 Å². The van der Waals surface area contributed by atoms with Crippen LogP contribution in [0.2, 0.25) is 0 Å². The molecule has 3 nitrogen and oxygen atoms in total. The number of benzene rings is 2. The summed E-state index contributed by atoms with van der Waals surface area (Å²) in [7, 11) is 0. The van der Waals surface area contributed by atoms with Crippen LogP contribution in [-0.4, -0.2) is 16.0 Å². The molecule has 2 aromatic carbocycles. The molecule has 2 aliphatic carbocycles. The van der Waals surface area contributed by atoms with Gasteiger partial charge in [-0.15, -0.1) is 0 Å². The fourth-order valence-corrected chi connectivity index (χ4v) is 4.52. The number of carbonyl (C=O) groups excluding carboxylic acids is 1. The molecule has 5 rings (SSSR count). The monoisotopic (exact) mass is 314 g/mol. The maximum Gasteiger partial charge on any atom is 0.156 e. The summed E-state index contributed by atoms with van der Waals surface area (Å²) in [5.41, 5.74) is 6.29. The molecule has 0 radical (unpaired) electrons. The highest BCUT2D eigenvalue weighted by atomic mass is 16.1. The van der Waals surface area contributed by atoms with Crippen LogP contribution in [0.5, 0.6) is 0 Å². The van der Waals surface area contributed by atoms with Crippen LogP contribution in [-0.2, 0) is 17.6 Å². The van der Waals surface area contributed by atoms with E-state index in [1.165, 1.54) is 27.6 Å². The molecule has 0 spiro atoms. The van der Waals surface area contributed by atoms with E-state index in [9.17, 15) is 4.79 Å². The first-order valence-corrected chi connectivity index (χ1v) is 8.49. The Morgan fingerprint density at radius 2 is 2.00 bits per heavy atom. The van der Waals surface area contributed by atoms with Gasteiger partial charge in [-0.2, -0.15) is 5.10 Å². The third kappa shape index (κ3) is 1.91. The number of hydrogen-bond acceptors (Lipinski definition) is 2. The molecule has 0 saturated heterocycles. The van der Waals surface area contributed by atoms with Gasteiger partial charge in [0.15, 0.2) is 5.78 Å². The van der Waals surface area contributed by atoms with E-state index in [-0.39, 0.29) is 11.2 Å². The molecule has 1 atom stereocenters. The number of allylic oxidation sites excluding steroid dienone is 2. The number of ketones is 1. The predicted molar refractivity (Wildman–Crippen MR) is 94.6 cm³/mol. The lowest BCUT2D eigenvalue weighted by Gasteiger charge is -2.34. The van der Waals surface area contributed by atoms with E-state index in [0.717, 1.165) is 24.8 Å². The van der Waals surface area contributed by atoms with E-state index < -0.39 is 0 Å². The van der Waals surface area contributed by atoms with Crippen LogP contribution >= 0.6 is 0 Å². The van der Waals surface area contributed by atoms with Gasteiger partial charge in [-0.25, -0.2) is 0 Å². The third-order valence-corrected chi connectivity index (χ3v) is 5.65. The number of carbonyl (C=O) groups is 1. The zero-order chi connectivity index (χ0) is 16.1. The quantitative estimate of drug-likeness (QED) is 0.774. The Hall–Kier alpha value is -2.68. The van der Waals surface area contributed by atoms with Crippen LogP contribution in [0.25, 0.3) is 16.5 Å². The Morgan fingerprint density at radius 3 is 2.88 bits per heavy atom. The number of fused-ring (bicyclic) bond motifs is 5. The largest absolute Gasteiger partial charge is 0.295 e. The van der Waals surface area contributed by atoms with Gasteiger partial charge in [-0.05, 0) is 53.7 Å². The molecule has 24 heavy (non-hydrogen) atoms. The highest BCUT2D eigenvalue weighted by molar-refractivity contribution is 6.03. The van der Waals surface area contributed by atoms with Crippen molar-refractivity contribution in [2.75, 3.05) is 0 Å². The van der Waals surface area contributed by atoms with Gasteiger partial charge in [0.05, 0.1) is 11.7 Å². The number of nitrogens with zero attached hydrogens (tertiary/aromatic N) is 1. The molecule has 0 amide bonds. The van der Waals surface area contributed by atoms with E-state index in [4.69, 9.17) is 0 Å². The SMILES string of the molecule is O=C1C=C2c3ccc4[nH]ncc4c3CC2(Cc2ccccc2)CC1. The number of aromatic amines is 1. The van der Waals surface area contributed by atoms with E-state index >= 15 is 0 Å². The van der Waals surface area contributed by atoms with Gasteiger partial charge >= 0.3 is 0 Å². The summed E-state index contributed by atoms with van der Waals surface area (Å²) in [4.78, 5) is 12.1. The molecular formula is C21H18N2O. The van der Waals surface area contributed by atoms with Gasteiger partial charge in [0.25, 0.3) is 0 Å². The van der Waals surface area contributed by atoms with Crippen molar-refractivity contribution in [1.29, 1.82) is 0 Å². The minimum Gasteiger partial charge on any atom is -0.295 e. The van der Waals surface area contributed by atoms with E-state index in [2.05, 4.69) is 52.7 Å². The van der Waals surface area contributed by atoms with Gasteiger partial charge in [0.2, 0.25) is 0 Å². The van der Waals surface area contributed by atoms with Crippen molar-refractivity contribution >= 4 is 22.3 Å². The number of aromatic nitrogens is 2. The molecule has 118 valence electrons. The van der Waals surface area contributed by atoms with Gasteiger partial charge in [-0.1, -0.05) is 36.4 Å². The molecule has 1 aromatic heterocycles. The zero-order valence-corrected chi connectivity index (χ0v) is 13.4. The second kappa shape index (κ2) is 4.91. The lowest BCUT2D eigenvalue weighted by atomic mass is 9.69. The first-order valence-electron chi connectivity index (χ1n) is 8.49. The van der Waals surface area contributed by atoms with Crippen LogP contribution in [0.1, 0.15) is 29.5 Å². The summed E-state index contributed by atoms with van der Waals surface area (Å²) in [5.74, 6) is 0.258. The number of nitrogens with one attached hydrogen (secondary N) is 1. The molecule has 1 unspecified atom stereocenters. The number of rotatable bonds is 2. The fourth-order valence-electron chi connectivity index (χ4n) is 4.52. The second-order valence-electron chi connectivity index (χ2n) is 7.07. The van der Waals surface area contributed by atoms with Crippen LogP contribution in [0, 0.1) is 5.41 Å². The zero-order valence-electron chi connectivity index (χ0n) is 13.4. The molecule has 0 fully saturated rings. The van der Waals surface area contributed by atoms with Crippen molar-refractivity contribution in [3.8, 4) is 0 Å². The van der Waals surface area contributed by atoms with Crippen LogP contribution < -0.4 is 0 Å². The van der Waals surface area contributed by atoms with Crippen molar-refractivity contribution in [3.05, 3.63) is 71.4 Å². The summed E-state index contributed by atoms with van der Waals surface area (Å²) in [6.45, 7) is 0. The van der Waals surface area contributed by atoms with Crippen molar-refractivity contribution in [1.82, 2.24) is 10.2 Å². The lowest BCUT2D eigenvalue weighted by molar-refractivity contribution is -0.115. The maximum atomic E-state index is 12.1. The summed E-state index contributed by atoms with van der Waals surface area (Å²) in [6, 6.07) is 14.9. The smallest absolute Gasteiger partial charge is 0.156 e. The Kier molecular flexibility index (Phi) is 2.81.